The molecule has 0 radical (unpaired) electrons. The van der Waals surface area contributed by atoms with E-state index in [2.05, 4.69) is 20.8 Å². The van der Waals surface area contributed by atoms with Crippen LogP contribution in [0.25, 0.3) is 0 Å². The number of sulfone groups is 1. The molecule has 0 unspecified atom stereocenters. The number of rotatable bonds is 3. The molecule has 15 heavy (non-hydrogen) atoms. The molecule has 0 rings (SSSR count). The molecule has 0 aliphatic rings. The van der Waals surface area contributed by atoms with Crippen molar-refractivity contribution in [3.8, 4) is 0 Å². The summed E-state index contributed by atoms with van der Waals surface area (Å²) in [6.07, 6.45) is 1.73. The zero-order valence-corrected chi connectivity index (χ0v) is 11.2. The predicted octanol–water partition coefficient (Wildman–Crippen LogP) is 3.66. The molecule has 0 atom stereocenters. The van der Waals surface area contributed by atoms with Crippen molar-refractivity contribution in [2.24, 2.45) is 5.41 Å². The standard InChI is InChI=1S/C11H24O2S.CH4/c1-10(2,3)8-7-9-14(12,13)11(4,5)6;/h7-9H2,1-6H3;1H4. The Hall–Kier alpha value is -0.0500. The highest BCUT2D eigenvalue weighted by atomic mass is 32.2. The van der Waals surface area contributed by atoms with Crippen LogP contribution >= 0.6 is 0 Å². The summed E-state index contributed by atoms with van der Waals surface area (Å²) >= 11 is 0. The van der Waals surface area contributed by atoms with Crippen LogP contribution in [-0.2, 0) is 9.84 Å². The molecule has 0 fully saturated rings. The third-order valence-corrected chi connectivity index (χ3v) is 4.97. The topological polar surface area (TPSA) is 34.1 Å². The van der Waals surface area contributed by atoms with Gasteiger partial charge in [-0.15, -0.1) is 0 Å². The van der Waals surface area contributed by atoms with Crippen LogP contribution in [0.3, 0.4) is 0 Å². The highest BCUT2D eigenvalue weighted by Gasteiger charge is 2.28. The average Bonchev–Trinajstić information content (AvgIpc) is 1.80. The minimum Gasteiger partial charge on any atom is -0.228 e. The molecule has 0 saturated heterocycles. The Morgan fingerprint density at radius 2 is 1.33 bits per heavy atom. The van der Waals surface area contributed by atoms with Crippen molar-refractivity contribution in [1.29, 1.82) is 0 Å². The average molecular weight is 236 g/mol. The van der Waals surface area contributed by atoms with E-state index in [4.69, 9.17) is 0 Å². The lowest BCUT2D eigenvalue weighted by Gasteiger charge is -2.21. The van der Waals surface area contributed by atoms with Gasteiger partial charge in [-0.3, -0.25) is 0 Å². The molecule has 0 saturated carbocycles. The van der Waals surface area contributed by atoms with Crippen molar-refractivity contribution < 1.29 is 8.42 Å². The molecular weight excluding hydrogens is 208 g/mol. The third-order valence-electron chi connectivity index (χ3n) is 2.27. The van der Waals surface area contributed by atoms with Gasteiger partial charge in [-0.25, -0.2) is 8.42 Å². The van der Waals surface area contributed by atoms with E-state index in [-0.39, 0.29) is 12.8 Å². The Kier molecular flexibility index (Phi) is 6.16. The summed E-state index contributed by atoms with van der Waals surface area (Å²) in [5.74, 6) is 0.313. The van der Waals surface area contributed by atoms with E-state index in [1.165, 1.54) is 0 Å². The van der Waals surface area contributed by atoms with Gasteiger partial charge in [-0.2, -0.15) is 0 Å². The van der Waals surface area contributed by atoms with Gasteiger partial charge in [-0.05, 0) is 39.0 Å². The Bertz CT molecular complexity index is 263. The molecular formula is C12H28O2S. The normalized spacial score (nSPS) is 13.5. The van der Waals surface area contributed by atoms with E-state index in [0.717, 1.165) is 12.8 Å². The first-order valence-electron chi connectivity index (χ1n) is 5.18. The maximum atomic E-state index is 11.7. The molecule has 0 heterocycles. The first-order chi connectivity index (χ1) is 5.96. The maximum absolute atomic E-state index is 11.7. The molecule has 0 aliphatic carbocycles. The van der Waals surface area contributed by atoms with Crippen LogP contribution in [0.5, 0.6) is 0 Å². The fourth-order valence-electron chi connectivity index (χ4n) is 1.10. The second-order valence-electron chi connectivity index (χ2n) is 6.10. The number of hydrogen-bond acceptors (Lipinski definition) is 2. The molecule has 0 bridgehead atoms. The van der Waals surface area contributed by atoms with E-state index < -0.39 is 14.6 Å². The molecule has 2 nitrogen and oxygen atoms in total. The van der Waals surface area contributed by atoms with Crippen LogP contribution < -0.4 is 0 Å². The van der Waals surface area contributed by atoms with E-state index in [1.807, 2.05) is 0 Å². The van der Waals surface area contributed by atoms with Gasteiger partial charge in [0.05, 0.1) is 10.5 Å². The fourth-order valence-corrected chi connectivity index (χ4v) is 2.24. The molecule has 0 aromatic carbocycles. The van der Waals surface area contributed by atoms with Crippen LogP contribution in [0.15, 0.2) is 0 Å². The van der Waals surface area contributed by atoms with Crippen molar-refractivity contribution in [3.63, 3.8) is 0 Å². The van der Waals surface area contributed by atoms with Crippen molar-refractivity contribution in [3.05, 3.63) is 0 Å². The van der Waals surface area contributed by atoms with Gasteiger partial charge in [0.15, 0.2) is 9.84 Å². The summed E-state index contributed by atoms with van der Waals surface area (Å²) in [5.41, 5.74) is 0.230. The maximum Gasteiger partial charge on any atom is 0.155 e. The Labute approximate surface area is 96.4 Å². The second kappa shape index (κ2) is 5.33. The lowest BCUT2D eigenvalue weighted by atomic mass is 9.91. The highest BCUT2D eigenvalue weighted by molar-refractivity contribution is 7.92. The van der Waals surface area contributed by atoms with Crippen molar-refractivity contribution >= 4 is 9.84 Å². The summed E-state index contributed by atoms with van der Waals surface area (Å²) in [7, 11) is -2.92. The van der Waals surface area contributed by atoms with Gasteiger partial charge in [0.25, 0.3) is 0 Å². The minimum atomic E-state index is -2.92. The van der Waals surface area contributed by atoms with Gasteiger partial charge >= 0.3 is 0 Å². The molecule has 0 aliphatic heterocycles. The van der Waals surface area contributed by atoms with Crippen molar-refractivity contribution in [1.82, 2.24) is 0 Å². The quantitative estimate of drug-likeness (QED) is 0.749. The zero-order chi connectivity index (χ0) is 11.6. The second-order valence-corrected chi connectivity index (χ2v) is 8.96. The van der Waals surface area contributed by atoms with Crippen LogP contribution in [0.4, 0.5) is 0 Å². The highest BCUT2D eigenvalue weighted by Crippen LogP contribution is 2.23. The smallest absolute Gasteiger partial charge is 0.155 e. The zero-order valence-electron chi connectivity index (χ0n) is 10.3. The van der Waals surface area contributed by atoms with Gasteiger partial charge < -0.3 is 0 Å². The summed E-state index contributed by atoms with van der Waals surface area (Å²) < 4.78 is 22.9. The van der Waals surface area contributed by atoms with Crippen molar-refractivity contribution in [2.75, 3.05) is 5.75 Å². The molecule has 0 aromatic rings. The Morgan fingerprint density at radius 3 is 1.60 bits per heavy atom. The van der Waals surface area contributed by atoms with Crippen molar-refractivity contribution in [2.45, 2.75) is 66.6 Å². The third kappa shape index (κ3) is 6.93. The van der Waals surface area contributed by atoms with Gasteiger partial charge in [0.1, 0.15) is 0 Å². The monoisotopic (exact) mass is 236 g/mol. The Morgan fingerprint density at radius 1 is 0.933 bits per heavy atom. The van der Waals surface area contributed by atoms with Gasteiger partial charge in [-0.1, -0.05) is 28.2 Å². The van der Waals surface area contributed by atoms with E-state index in [9.17, 15) is 8.42 Å². The molecule has 0 spiro atoms. The number of hydrogen-bond donors (Lipinski definition) is 0. The lowest BCUT2D eigenvalue weighted by Crippen LogP contribution is -2.30. The van der Waals surface area contributed by atoms with E-state index in [1.54, 1.807) is 20.8 Å². The van der Waals surface area contributed by atoms with E-state index >= 15 is 0 Å². The molecule has 94 valence electrons. The largest absolute Gasteiger partial charge is 0.228 e. The van der Waals surface area contributed by atoms with Crippen LogP contribution in [0.1, 0.15) is 61.8 Å². The van der Waals surface area contributed by atoms with Crippen LogP contribution in [0.2, 0.25) is 0 Å². The summed E-state index contributed by atoms with van der Waals surface area (Å²) in [4.78, 5) is 0. The van der Waals surface area contributed by atoms with Crippen LogP contribution in [0, 0.1) is 5.41 Å². The summed E-state index contributed by atoms with van der Waals surface area (Å²) in [6.45, 7) is 11.7. The lowest BCUT2D eigenvalue weighted by molar-refractivity contribution is 0.373. The van der Waals surface area contributed by atoms with Gasteiger partial charge in [0.2, 0.25) is 0 Å². The van der Waals surface area contributed by atoms with Crippen LogP contribution in [-0.4, -0.2) is 18.9 Å². The molecule has 0 N–H and O–H groups in total. The Balaban J connectivity index is 0. The summed E-state index contributed by atoms with van der Waals surface area (Å²) in [6, 6.07) is 0. The summed E-state index contributed by atoms with van der Waals surface area (Å²) in [5, 5.41) is 0. The molecule has 0 amide bonds. The first kappa shape index (κ1) is 17.3. The fraction of sp³-hybridized carbons (Fsp3) is 1.00. The minimum absolute atomic E-state index is 0. The molecule has 0 aromatic heterocycles. The molecule has 3 heteroatoms. The predicted molar refractivity (Wildman–Crippen MR) is 69.0 cm³/mol. The van der Waals surface area contributed by atoms with Gasteiger partial charge in [0, 0.05) is 0 Å². The SMILES string of the molecule is C.CC(C)(C)CCCS(=O)(=O)C(C)(C)C. The van der Waals surface area contributed by atoms with E-state index in [0.29, 0.717) is 5.75 Å². The first-order valence-corrected chi connectivity index (χ1v) is 6.83.